The molecule has 1 fully saturated rings. The first kappa shape index (κ1) is 23.2. The van der Waals surface area contributed by atoms with Crippen LogP contribution >= 0.6 is 35.3 Å². The maximum absolute atomic E-state index is 13.0. The van der Waals surface area contributed by atoms with E-state index in [1.807, 2.05) is 6.92 Å². The standard InChI is InChI=1S/C18H26N2O5S3/c1-7-27-9-19-12-14(22)20-13(16(23)25-18(3,4)5)11(8-28-15(12)20)17(26-6)24-10(2)21/h9,12,15,17H,7-8H2,1-6H3/t12-,15+,17?/m0/s1. The summed E-state index contributed by atoms with van der Waals surface area (Å²) in [6.07, 6.45) is 1.79. The molecular formula is C18H26N2O5S3. The highest BCUT2D eigenvalue weighted by Crippen LogP contribution is 2.44. The van der Waals surface area contributed by atoms with E-state index in [2.05, 4.69) is 4.99 Å². The summed E-state index contributed by atoms with van der Waals surface area (Å²) in [5, 5.41) is -0.257. The summed E-state index contributed by atoms with van der Waals surface area (Å²) in [4.78, 5) is 43.0. The van der Waals surface area contributed by atoms with E-state index < -0.39 is 29.0 Å². The normalized spacial score (nSPS) is 23.4. The average molecular weight is 447 g/mol. The van der Waals surface area contributed by atoms with Gasteiger partial charge >= 0.3 is 11.9 Å². The number of rotatable bonds is 7. The summed E-state index contributed by atoms with van der Waals surface area (Å²) in [5.74, 6) is 0.0477. The number of aliphatic imine (C=N–C) groups is 1. The lowest BCUT2D eigenvalue weighted by Gasteiger charge is -2.48. The molecule has 1 amide bonds. The van der Waals surface area contributed by atoms with Crippen LogP contribution in [0.25, 0.3) is 0 Å². The van der Waals surface area contributed by atoms with Crippen molar-refractivity contribution in [2.24, 2.45) is 4.99 Å². The molecule has 0 aromatic rings. The molecule has 10 heteroatoms. The zero-order chi connectivity index (χ0) is 21.1. The molecular weight excluding hydrogens is 420 g/mol. The molecule has 0 radical (unpaired) electrons. The lowest BCUT2D eigenvalue weighted by atomic mass is 10.0. The molecule has 2 aliphatic heterocycles. The number of nitrogens with zero attached hydrogens (tertiary/aromatic N) is 2. The van der Waals surface area contributed by atoms with E-state index >= 15 is 0 Å². The number of hydrogen-bond acceptors (Lipinski definition) is 9. The SMILES string of the molecule is CCSC=N[C@H]1C(=O)N2C(C(=O)OC(C)(C)C)=C(C(OC(C)=O)SC)CS[C@H]12. The van der Waals surface area contributed by atoms with Gasteiger partial charge in [-0.15, -0.1) is 35.3 Å². The average Bonchev–Trinajstić information content (AvgIpc) is 2.60. The number of fused-ring (bicyclic) bond motifs is 1. The van der Waals surface area contributed by atoms with Crippen LogP contribution in [-0.4, -0.2) is 68.5 Å². The van der Waals surface area contributed by atoms with Gasteiger partial charge in [0.25, 0.3) is 5.91 Å². The Kier molecular flexibility index (Phi) is 7.92. The molecule has 0 spiro atoms. The summed E-state index contributed by atoms with van der Waals surface area (Å²) >= 11 is 4.33. The first-order valence-corrected chi connectivity index (χ1v) is 12.2. The van der Waals surface area contributed by atoms with Gasteiger partial charge in [-0.05, 0) is 32.8 Å². The molecule has 2 heterocycles. The topological polar surface area (TPSA) is 85.3 Å². The van der Waals surface area contributed by atoms with Crippen LogP contribution < -0.4 is 0 Å². The molecule has 0 bridgehead atoms. The second-order valence-corrected chi connectivity index (χ2v) is 10.2. The Morgan fingerprint density at radius 2 is 2.11 bits per heavy atom. The third-order valence-electron chi connectivity index (χ3n) is 3.80. The van der Waals surface area contributed by atoms with Gasteiger partial charge in [0.2, 0.25) is 0 Å². The Hall–Kier alpha value is -1.13. The third-order valence-corrected chi connectivity index (χ3v) is 6.50. The zero-order valence-corrected chi connectivity index (χ0v) is 19.3. The lowest BCUT2D eigenvalue weighted by molar-refractivity contribution is -0.158. The van der Waals surface area contributed by atoms with Gasteiger partial charge in [-0.3, -0.25) is 19.5 Å². The summed E-state index contributed by atoms with van der Waals surface area (Å²) in [6, 6.07) is -0.510. The van der Waals surface area contributed by atoms with Gasteiger partial charge < -0.3 is 9.47 Å². The first-order chi connectivity index (χ1) is 13.1. The Morgan fingerprint density at radius 3 is 2.64 bits per heavy atom. The van der Waals surface area contributed by atoms with Crippen LogP contribution in [0.1, 0.15) is 34.6 Å². The van der Waals surface area contributed by atoms with Crippen LogP contribution in [0.2, 0.25) is 0 Å². The highest BCUT2D eigenvalue weighted by atomic mass is 32.2. The van der Waals surface area contributed by atoms with Crippen LogP contribution in [0.3, 0.4) is 0 Å². The van der Waals surface area contributed by atoms with Gasteiger partial charge in [0.05, 0.1) is 5.55 Å². The number of esters is 2. The van der Waals surface area contributed by atoms with E-state index in [9.17, 15) is 14.4 Å². The van der Waals surface area contributed by atoms with Crippen LogP contribution in [0, 0.1) is 0 Å². The number of carbonyl (C=O) groups excluding carboxylic acids is 3. The molecule has 0 aromatic heterocycles. The maximum Gasteiger partial charge on any atom is 0.355 e. The molecule has 28 heavy (non-hydrogen) atoms. The third kappa shape index (κ3) is 5.27. The summed E-state index contributed by atoms with van der Waals surface area (Å²) in [5.41, 5.74) is 1.08. The number of hydrogen-bond donors (Lipinski definition) is 0. The minimum absolute atomic E-state index is 0.180. The van der Waals surface area contributed by atoms with Gasteiger partial charge in [-0.2, -0.15) is 0 Å². The monoisotopic (exact) mass is 446 g/mol. The van der Waals surface area contributed by atoms with Crippen molar-refractivity contribution in [3.63, 3.8) is 0 Å². The van der Waals surface area contributed by atoms with E-state index in [0.717, 1.165) is 5.75 Å². The summed E-state index contributed by atoms with van der Waals surface area (Å²) in [7, 11) is 0. The van der Waals surface area contributed by atoms with Crippen LogP contribution in [-0.2, 0) is 23.9 Å². The molecule has 156 valence electrons. The first-order valence-electron chi connectivity index (χ1n) is 8.85. The van der Waals surface area contributed by atoms with Crippen molar-refractivity contribution in [2.75, 3.05) is 17.8 Å². The Labute approximate surface area is 178 Å². The van der Waals surface area contributed by atoms with E-state index in [1.54, 1.807) is 32.6 Å². The molecule has 1 saturated heterocycles. The lowest BCUT2D eigenvalue weighted by Crippen LogP contribution is -2.64. The largest absolute Gasteiger partial charge is 0.455 e. The molecule has 0 saturated carbocycles. The fourth-order valence-corrected chi connectivity index (χ4v) is 5.27. The number of β-lactam (4-membered cyclic amide) rings is 1. The Bertz CT molecular complexity index is 702. The van der Waals surface area contributed by atoms with Crippen LogP contribution in [0.5, 0.6) is 0 Å². The Balaban J connectivity index is 2.39. The highest BCUT2D eigenvalue weighted by Gasteiger charge is 2.55. The molecule has 3 atom stereocenters. The number of carbonyl (C=O) groups is 3. The van der Waals surface area contributed by atoms with Crippen molar-refractivity contribution in [2.45, 2.75) is 57.1 Å². The Morgan fingerprint density at radius 1 is 1.43 bits per heavy atom. The van der Waals surface area contributed by atoms with E-state index in [1.165, 1.54) is 47.1 Å². The van der Waals surface area contributed by atoms with Crippen LogP contribution in [0.15, 0.2) is 16.3 Å². The molecule has 7 nitrogen and oxygen atoms in total. The van der Waals surface area contributed by atoms with Crippen molar-refractivity contribution in [1.29, 1.82) is 0 Å². The highest BCUT2D eigenvalue weighted by molar-refractivity contribution is 8.12. The molecule has 1 unspecified atom stereocenters. The van der Waals surface area contributed by atoms with E-state index in [-0.39, 0.29) is 17.0 Å². The van der Waals surface area contributed by atoms with Crippen molar-refractivity contribution in [3.05, 3.63) is 11.3 Å². The molecule has 2 aliphatic rings. The quantitative estimate of drug-likeness (QED) is 0.194. The fraction of sp³-hybridized carbons (Fsp3) is 0.667. The van der Waals surface area contributed by atoms with E-state index in [0.29, 0.717) is 11.3 Å². The van der Waals surface area contributed by atoms with Crippen molar-refractivity contribution < 1.29 is 23.9 Å². The van der Waals surface area contributed by atoms with Crippen molar-refractivity contribution >= 4 is 58.7 Å². The second kappa shape index (κ2) is 9.58. The molecule has 2 rings (SSSR count). The molecule has 0 N–H and O–H groups in total. The minimum atomic E-state index is -0.713. The number of ether oxygens (including phenoxy) is 2. The van der Waals surface area contributed by atoms with Gasteiger partial charge in [0.15, 0.2) is 11.5 Å². The smallest absolute Gasteiger partial charge is 0.355 e. The van der Waals surface area contributed by atoms with Crippen molar-refractivity contribution in [3.8, 4) is 0 Å². The molecule has 0 aliphatic carbocycles. The summed E-state index contributed by atoms with van der Waals surface area (Å²) < 4.78 is 10.9. The van der Waals surface area contributed by atoms with Gasteiger partial charge in [-0.25, -0.2) is 4.79 Å². The van der Waals surface area contributed by atoms with E-state index in [4.69, 9.17) is 9.47 Å². The maximum atomic E-state index is 13.0. The van der Waals surface area contributed by atoms with Crippen molar-refractivity contribution in [1.82, 2.24) is 4.90 Å². The molecule has 0 aromatic carbocycles. The number of amides is 1. The fourth-order valence-electron chi connectivity index (χ4n) is 2.72. The predicted molar refractivity (Wildman–Crippen MR) is 115 cm³/mol. The van der Waals surface area contributed by atoms with Crippen LogP contribution in [0.4, 0.5) is 0 Å². The minimum Gasteiger partial charge on any atom is -0.455 e. The van der Waals surface area contributed by atoms with Gasteiger partial charge in [0, 0.05) is 18.2 Å². The predicted octanol–water partition coefficient (Wildman–Crippen LogP) is 2.90. The zero-order valence-electron chi connectivity index (χ0n) is 16.9. The summed E-state index contributed by atoms with van der Waals surface area (Å²) in [6.45, 7) is 8.64. The second-order valence-electron chi connectivity index (χ2n) is 7.12. The van der Waals surface area contributed by atoms with Gasteiger partial charge in [-0.1, -0.05) is 6.92 Å². The van der Waals surface area contributed by atoms with Gasteiger partial charge in [0.1, 0.15) is 16.7 Å². The number of thioether (sulfide) groups is 3.